The molecular formula is C16H10N4O4S2. The Morgan fingerprint density at radius 3 is 2.88 bits per heavy atom. The molecule has 3 heterocycles. The van der Waals surface area contributed by atoms with Gasteiger partial charge >= 0.3 is 6.09 Å². The topological polar surface area (TPSA) is 110 Å². The lowest BCUT2D eigenvalue weighted by atomic mass is 10.3. The second kappa shape index (κ2) is 7.73. The number of pyridine rings is 1. The van der Waals surface area contributed by atoms with Crippen molar-refractivity contribution in [2.45, 2.75) is 0 Å². The first-order valence-corrected chi connectivity index (χ1v) is 8.79. The van der Waals surface area contributed by atoms with Crippen LogP contribution in [0.2, 0.25) is 0 Å². The summed E-state index contributed by atoms with van der Waals surface area (Å²) in [6.07, 6.45) is 7.19. The number of thiazole rings is 1. The number of hydrogen-bond donors (Lipinski definition) is 2. The van der Waals surface area contributed by atoms with E-state index < -0.39 is 17.9 Å². The van der Waals surface area contributed by atoms with Crippen molar-refractivity contribution in [1.29, 1.82) is 0 Å². The van der Waals surface area contributed by atoms with Crippen LogP contribution in [0.25, 0.3) is 10.2 Å². The van der Waals surface area contributed by atoms with Gasteiger partial charge < -0.3 is 10.1 Å². The molecule has 0 aromatic carbocycles. The van der Waals surface area contributed by atoms with Gasteiger partial charge in [-0.1, -0.05) is 5.92 Å². The molecule has 0 spiro atoms. The molecule has 3 rings (SSSR count). The van der Waals surface area contributed by atoms with E-state index in [2.05, 4.69) is 25.9 Å². The Bertz CT molecular complexity index is 1000. The van der Waals surface area contributed by atoms with Crippen LogP contribution >= 0.6 is 22.7 Å². The van der Waals surface area contributed by atoms with Crippen molar-refractivity contribution in [2.24, 2.45) is 0 Å². The molecule has 0 fully saturated rings. The minimum atomic E-state index is -0.963. The largest absolute Gasteiger partial charge is 0.436 e. The Morgan fingerprint density at radius 1 is 1.27 bits per heavy atom. The number of imide groups is 1. The molecule has 0 aliphatic rings. The Labute approximate surface area is 155 Å². The minimum absolute atomic E-state index is 0.129. The van der Waals surface area contributed by atoms with E-state index in [1.807, 2.05) is 5.32 Å². The molecule has 0 radical (unpaired) electrons. The number of rotatable bonds is 4. The Hall–Kier alpha value is -3.29. The fourth-order valence-electron chi connectivity index (χ4n) is 1.92. The lowest BCUT2D eigenvalue weighted by molar-refractivity contribution is 0.0931. The number of anilines is 1. The van der Waals surface area contributed by atoms with Crippen LogP contribution in [-0.2, 0) is 4.74 Å². The van der Waals surface area contributed by atoms with Gasteiger partial charge in [-0.25, -0.2) is 9.78 Å². The summed E-state index contributed by atoms with van der Waals surface area (Å²) in [7, 11) is 0. The van der Waals surface area contributed by atoms with Gasteiger partial charge in [0.15, 0.2) is 11.6 Å². The first-order valence-electron chi connectivity index (χ1n) is 7.09. The smallest absolute Gasteiger partial charge is 0.415 e. The third-order valence-electron chi connectivity index (χ3n) is 3.02. The number of alkyl carbamates (subject to hydrolysis) is 1. The van der Waals surface area contributed by atoms with E-state index in [0.29, 0.717) is 5.52 Å². The van der Waals surface area contributed by atoms with Gasteiger partial charge in [-0.3, -0.25) is 19.9 Å². The second-order valence-electron chi connectivity index (χ2n) is 4.71. The number of ether oxygens (including phenoxy) is 1. The maximum absolute atomic E-state index is 12.4. The number of nitrogens with zero attached hydrogens (tertiary/aromatic N) is 2. The SMILES string of the molecule is C#CCOC(=O)NC(=O)c1ccsc1NC(=O)c1nc2cnccc2s1. The van der Waals surface area contributed by atoms with Gasteiger partial charge in [-0.05, 0) is 17.5 Å². The summed E-state index contributed by atoms with van der Waals surface area (Å²) in [5.41, 5.74) is 0.742. The summed E-state index contributed by atoms with van der Waals surface area (Å²) in [6, 6.07) is 3.24. The van der Waals surface area contributed by atoms with Crippen LogP contribution in [0.3, 0.4) is 0 Å². The van der Waals surface area contributed by atoms with Crippen molar-refractivity contribution in [3.05, 3.63) is 40.5 Å². The molecule has 0 atom stereocenters. The van der Waals surface area contributed by atoms with Crippen molar-refractivity contribution >= 4 is 55.8 Å². The Balaban J connectivity index is 1.72. The summed E-state index contributed by atoms with van der Waals surface area (Å²) < 4.78 is 5.40. The standard InChI is InChI=1S/C16H10N4O4S2/c1-2-6-24-16(23)20-12(21)9-4-7-25-14(9)19-13(22)15-18-10-8-17-5-3-11(10)26-15/h1,3-5,7-8H,6H2,(H,19,22)(H,20,21,23). The Kier molecular flexibility index (Phi) is 5.21. The average Bonchev–Trinajstić information content (AvgIpc) is 3.26. The molecule has 3 aromatic heterocycles. The number of aromatic nitrogens is 2. The molecular weight excluding hydrogens is 376 g/mol. The highest BCUT2D eigenvalue weighted by atomic mass is 32.1. The molecule has 0 saturated carbocycles. The number of thiophene rings is 1. The first kappa shape index (κ1) is 17.5. The van der Waals surface area contributed by atoms with E-state index in [9.17, 15) is 14.4 Å². The van der Waals surface area contributed by atoms with E-state index in [1.54, 1.807) is 23.8 Å². The maximum Gasteiger partial charge on any atom is 0.415 e. The molecule has 0 bridgehead atoms. The summed E-state index contributed by atoms with van der Waals surface area (Å²) in [5.74, 6) is 0.942. The number of fused-ring (bicyclic) bond motifs is 1. The summed E-state index contributed by atoms with van der Waals surface area (Å²) in [5, 5.41) is 6.79. The number of hydrogen-bond acceptors (Lipinski definition) is 8. The Morgan fingerprint density at radius 2 is 2.12 bits per heavy atom. The van der Waals surface area contributed by atoms with Crippen molar-refractivity contribution in [2.75, 3.05) is 11.9 Å². The van der Waals surface area contributed by atoms with Crippen molar-refractivity contribution < 1.29 is 19.1 Å². The van der Waals surface area contributed by atoms with Crippen LogP contribution < -0.4 is 10.6 Å². The molecule has 10 heteroatoms. The van der Waals surface area contributed by atoms with E-state index in [1.165, 1.54) is 17.4 Å². The predicted molar refractivity (Wildman–Crippen MR) is 97.3 cm³/mol. The molecule has 26 heavy (non-hydrogen) atoms. The summed E-state index contributed by atoms with van der Waals surface area (Å²) >= 11 is 2.35. The molecule has 130 valence electrons. The van der Waals surface area contributed by atoms with Crippen molar-refractivity contribution in [3.63, 3.8) is 0 Å². The van der Waals surface area contributed by atoms with E-state index in [0.717, 1.165) is 16.0 Å². The highest BCUT2D eigenvalue weighted by molar-refractivity contribution is 7.20. The van der Waals surface area contributed by atoms with Gasteiger partial charge in [-0.2, -0.15) is 0 Å². The molecule has 0 saturated heterocycles. The van der Waals surface area contributed by atoms with E-state index in [4.69, 9.17) is 6.42 Å². The minimum Gasteiger partial charge on any atom is -0.436 e. The van der Waals surface area contributed by atoms with Crippen LogP contribution in [0, 0.1) is 12.3 Å². The number of nitrogens with one attached hydrogen (secondary N) is 2. The predicted octanol–water partition coefficient (Wildman–Crippen LogP) is 2.50. The molecule has 2 N–H and O–H groups in total. The zero-order valence-corrected chi connectivity index (χ0v) is 14.6. The lowest BCUT2D eigenvalue weighted by Crippen LogP contribution is -2.31. The van der Waals surface area contributed by atoms with Gasteiger partial charge in [0.1, 0.15) is 10.5 Å². The molecule has 0 aliphatic heterocycles. The average molecular weight is 386 g/mol. The van der Waals surface area contributed by atoms with Gasteiger partial charge in [0.2, 0.25) is 0 Å². The fraction of sp³-hybridized carbons (Fsp3) is 0.0625. The zero-order valence-electron chi connectivity index (χ0n) is 13.0. The van der Waals surface area contributed by atoms with Crippen LogP contribution in [0.1, 0.15) is 20.2 Å². The second-order valence-corrected chi connectivity index (χ2v) is 6.66. The van der Waals surface area contributed by atoms with E-state index >= 15 is 0 Å². The third-order valence-corrected chi connectivity index (χ3v) is 4.89. The van der Waals surface area contributed by atoms with Gasteiger partial charge in [0.25, 0.3) is 11.8 Å². The highest BCUT2D eigenvalue weighted by Gasteiger charge is 2.20. The van der Waals surface area contributed by atoms with Gasteiger partial charge in [0.05, 0.1) is 16.5 Å². The van der Waals surface area contributed by atoms with Gasteiger partial charge in [0, 0.05) is 6.20 Å². The highest BCUT2D eigenvalue weighted by Crippen LogP contribution is 2.26. The molecule has 3 amide bonds. The fourth-order valence-corrected chi connectivity index (χ4v) is 3.53. The van der Waals surface area contributed by atoms with Gasteiger partial charge in [-0.15, -0.1) is 29.1 Å². The van der Waals surface area contributed by atoms with E-state index in [-0.39, 0.29) is 22.2 Å². The van der Waals surface area contributed by atoms with Crippen LogP contribution in [0.15, 0.2) is 29.9 Å². The molecule has 3 aromatic rings. The van der Waals surface area contributed by atoms with Crippen molar-refractivity contribution in [1.82, 2.24) is 15.3 Å². The first-order chi connectivity index (χ1) is 12.6. The summed E-state index contributed by atoms with van der Waals surface area (Å²) in [6.45, 7) is -0.251. The summed E-state index contributed by atoms with van der Waals surface area (Å²) in [4.78, 5) is 44.1. The number of carbonyl (C=O) groups excluding carboxylic acids is 3. The maximum atomic E-state index is 12.4. The lowest BCUT2D eigenvalue weighted by Gasteiger charge is -2.05. The third kappa shape index (κ3) is 3.85. The quantitative estimate of drug-likeness (QED) is 0.667. The zero-order chi connectivity index (χ0) is 18.5. The number of terminal acetylenes is 1. The molecule has 8 nitrogen and oxygen atoms in total. The van der Waals surface area contributed by atoms with Crippen LogP contribution in [0.5, 0.6) is 0 Å². The van der Waals surface area contributed by atoms with Crippen LogP contribution in [0.4, 0.5) is 9.80 Å². The number of amides is 3. The monoisotopic (exact) mass is 386 g/mol. The molecule has 0 aliphatic carbocycles. The molecule has 0 unspecified atom stereocenters. The van der Waals surface area contributed by atoms with Crippen LogP contribution in [-0.4, -0.2) is 34.5 Å². The normalized spacial score (nSPS) is 10.1. The number of carbonyl (C=O) groups is 3. The van der Waals surface area contributed by atoms with Crippen molar-refractivity contribution in [3.8, 4) is 12.3 Å².